The Morgan fingerprint density at radius 3 is 1.63 bits per heavy atom. The topological polar surface area (TPSA) is 47.1 Å². The molecule has 0 unspecified atom stereocenters. The molecule has 4 heterocycles. The fourth-order valence-electron chi connectivity index (χ4n) is 6.26. The Labute approximate surface area is 234 Å². The van der Waals surface area contributed by atoms with Crippen LogP contribution in [0, 0.1) is 28.6 Å². The normalized spacial score (nSPS) is 21.8. The van der Waals surface area contributed by atoms with Gasteiger partial charge in [0.2, 0.25) is 11.8 Å². The summed E-state index contributed by atoms with van der Waals surface area (Å²) < 4.78 is 0. The number of piperidine rings is 2. The van der Waals surface area contributed by atoms with Crippen LogP contribution in [0.1, 0.15) is 99.8 Å². The van der Waals surface area contributed by atoms with Gasteiger partial charge in [-0.05, 0) is 70.7 Å². The maximum Gasteiger partial charge on any atom is 0.222 e. The van der Waals surface area contributed by atoms with Crippen molar-refractivity contribution in [2.24, 2.45) is 16.7 Å². The van der Waals surface area contributed by atoms with Gasteiger partial charge in [-0.3, -0.25) is 14.5 Å². The van der Waals surface area contributed by atoms with Gasteiger partial charge in [-0.25, -0.2) is 0 Å². The summed E-state index contributed by atoms with van der Waals surface area (Å²) in [5.74, 6) is 7.52. The third-order valence-corrected chi connectivity index (χ3v) is 8.67. The lowest BCUT2D eigenvalue weighted by atomic mass is 9.71. The van der Waals surface area contributed by atoms with Gasteiger partial charge in [0.1, 0.15) is 0 Å². The predicted octanol–water partition coefficient (Wildman–Crippen LogP) is 5.13. The van der Waals surface area contributed by atoms with Gasteiger partial charge in [0.05, 0.1) is 6.54 Å². The number of nitrogens with zero attached hydrogens (tertiary/aromatic N) is 4. The van der Waals surface area contributed by atoms with Crippen LogP contribution in [0.4, 0.5) is 0 Å². The van der Waals surface area contributed by atoms with Crippen LogP contribution < -0.4 is 0 Å². The van der Waals surface area contributed by atoms with Crippen LogP contribution in [-0.2, 0) is 9.59 Å². The number of amides is 2. The molecule has 0 saturated carbocycles. The van der Waals surface area contributed by atoms with Gasteiger partial charge in [0, 0.05) is 56.3 Å². The smallest absolute Gasteiger partial charge is 0.222 e. The van der Waals surface area contributed by atoms with Crippen molar-refractivity contribution in [3.05, 3.63) is 0 Å². The van der Waals surface area contributed by atoms with E-state index in [1.54, 1.807) is 0 Å². The van der Waals surface area contributed by atoms with Crippen molar-refractivity contribution in [1.29, 1.82) is 0 Å². The zero-order chi connectivity index (χ0) is 28.2. The molecular formula is C32H58N4O2. The maximum absolute atomic E-state index is 11.9. The van der Waals surface area contributed by atoms with E-state index in [9.17, 15) is 9.59 Å². The molecule has 6 nitrogen and oxygen atoms in total. The summed E-state index contributed by atoms with van der Waals surface area (Å²) in [7, 11) is 0. The molecule has 0 aromatic carbocycles. The number of hydrogen-bond donors (Lipinski definition) is 0. The average Bonchev–Trinajstić information content (AvgIpc) is 2.88. The molecule has 0 aromatic heterocycles. The number of rotatable bonds is 6. The van der Waals surface area contributed by atoms with Crippen molar-refractivity contribution < 1.29 is 9.59 Å². The van der Waals surface area contributed by atoms with E-state index in [4.69, 9.17) is 0 Å². The Balaban J connectivity index is 0.000000251. The van der Waals surface area contributed by atoms with E-state index < -0.39 is 0 Å². The van der Waals surface area contributed by atoms with Crippen molar-refractivity contribution in [1.82, 2.24) is 19.6 Å². The maximum atomic E-state index is 11.9. The second-order valence-corrected chi connectivity index (χ2v) is 12.3. The Kier molecular flexibility index (Phi) is 13.6. The summed E-state index contributed by atoms with van der Waals surface area (Å²) in [6.07, 6.45) is 8.62. The predicted molar refractivity (Wildman–Crippen MR) is 159 cm³/mol. The largest absolute Gasteiger partial charge is 0.341 e. The molecule has 0 aromatic rings. The second-order valence-electron chi connectivity index (χ2n) is 12.3. The highest BCUT2D eigenvalue weighted by atomic mass is 16.2. The molecule has 218 valence electrons. The second kappa shape index (κ2) is 15.9. The Morgan fingerprint density at radius 2 is 1.21 bits per heavy atom. The van der Waals surface area contributed by atoms with E-state index in [0.29, 0.717) is 35.0 Å². The Hall–Kier alpha value is -1.58. The number of carbonyl (C=O) groups excluding carboxylic acids is 2. The molecule has 0 radical (unpaired) electrons. The summed E-state index contributed by atoms with van der Waals surface area (Å²) in [5.41, 5.74) is 0.927. The standard InChI is InChI=1S/C15H28N2O.C15H24N2O.C2H6/c1-4-7-16-8-5-15(6-9-16)11-17(12-15)14(18)10-13(2)3;1-3-5-6-9-16-10-7-15(8-11-16)12-17(13-15)14(18)4-2;1-2/h13H,4-12H2,1-3H3;3-4,7-13H2,1-2H3;1-2H3. The van der Waals surface area contributed by atoms with Crippen LogP contribution in [0.5, 0.6) is 0 Å². The summed E-state index contributed by atoms with van der Waals surface area (Å²) in [6.45, 7) is 25.5. The van der Waals surface area contributed by atoms with Crippen LogP contribution in [0.3, 0.4) is 0 Å². The first kappa shape index (κ1) is 32.6. The fraction of sp³-hybridized carbons (Fsp3) is 0.875. The third kappa shape index (κ3) is 9.26. The molecule has 0 bridgehead atoms. The summed E-state index contributed by atoms with van der Waals surface area (Å²) >= 11 is 0. The van der Waals surface area contributed by atoms with E-state index in [-0.39, 0.29) is 0 Å². The van der Waals surface area contributed by atoms with E-state index in [1.165, 1.54) is 51.7 Å². The molecule has 4 aliphatic rings. The fourth-order valence-corrected chi connectivity index (χ4v) is 6.26. The average molecular weight is 531 g/mol. The zero-order valence-corrected chi connectivity index (χ0v) is 25.9. The SMILES string of the molecule is CC.CCC#CCN1CCC2(CC1)CN(C(=O)CC)C2.CCCN1CCC2(CC1)CN(C(=O)CC(C)C)C2. The van der Waals surface area contributed by atoms with Crippen molar-refractivity contribution in [2.75, 3.05) is 65.4 Å². The highest BCUT2D eigenvalue weighted by Gasteiger charge is 2.47. The molecule has 0 N–H and O–H groups in total. The van der Waals surface area contributed by atoms with Gasteiger partial charge in [0.15, 0.2) is 0 Å². The minimum Gasteiger partial charge on any atom is -0.341 e. The first-order valence-electron chi connectivity index (χ1n) is 15.7. The van der Waals surface area contributed by atoms with Gasteiger partial charge in [-0.15, -0.1) is 5.92 Å². The van der Waals surface area contributed by atoms with Crippen LogP contribution in [0.15, 0.2) is 0 Å². The highest BCUT2D eigenvalue weighted by Crippen LogP contribution is 2.41. The molecular weight excluding hydrogens is 472 g/mol. The molecule has 4 saturated heterocycles. The minimum absolute atomic E-state index is 0.317. The van der Waals surface area contributed by atoms with E-state index in [2.05, 4.69) is 54.2 Å². The van der Waals surface area contributed by atoms with E-state index in [0.717, 1.165) is 58.7 Å². The quantitative estimate of drug-likeness (QED) is 0.447. The van der Waals surface area contributed by atoms with Crippen molar-refractivity contribution in [3.8, 4) is 11.8 Å². The third-order valence-electron chi connectivity index (χ3n) is 8.67. The molecule has 38 heavy (non-hydrogen) atoms. The number of likely N-dealkylation sites (tertiary alicyclic amines) is 4. The molecule has 4 aliphatic heterocycles. The molecule has 2 amide bonds. The molecule has 0 atom stereocenters. The van der Waals surface area contributed by atoms with Crippen LogP contribution in [0.2, 0.25) is 0 Å². The monoisotopic (exact) mass is 530 g/mol. The van der Waals surface area contributed by atoms with Crippen LogP contribution in [-0.4, -0.2) is 96.9 Å². The molecule has 6 heteroatoms. The van der Waals surface area contributed by atoms with Gasteiger partial charge in [-0.1, -0.05) is 54.4 Å². The van der Waals surface area contributed by atoms with Gasteiger partial charge < -0.3 is 14.7 Å². The van der Waals surface area contributed by atoms with Crippen molar-refractivity contribution >= 4 is 11.8 Å². The van der Waals surface area contributed by atoms with E-state index >= 15 is 0 Å². The molecule has 2 spiro atoms. The highest BCUT2D eigenvalue weighted by molar-refractivity contribution is 5.77. The van der Waals surface area contributed by atoms with Crippen LogP contribution >= 0.6 is 0 Å². The lowest BCUT2D eigenvalue weighted by Gasteiger charge is -2.54. The summed E-state index contributed by atoms with van der Waals surface area (Å²) in [6, 6.07) is 0. The Bertz CT molecular complexity index is 767. The molecule has 4 rings (SSSR count). The van der Waals surface area contributed by atoms with E-state index in [1.807, 2.05) is 25.7 Å². The van der Waals surface area contributed by atoms with Crippen LogP contribution in [0.25, 0.3) is 0 Å². The number of hydrogen-bond acceptors (Lipinski definition) is 4. The first-order valence-corrected chi connectivity index (χ1v) is 15.7. The Morgan fingerprint density at radius 1 is 0.737 bits per heavy atom. The van der Waals surface area contributed by atoms with Gasteiger partial charge in [0.25, 0.3) is 0 Å². The molecule has 4 fully saturated rings. The minimum atomic E-state index is 0.317. The summed E-state index contributed by atoms with van der Waals surface area (Å²) in [4.78, 5) is 32.6. The summed E-state index contributed by atoms with van der Waals surface area (Å²) in [5, 5.41) is 0. The van der Waals surface area contributed by atoms with Crippen molar-refractivity contribution in [3.63, 3.8) is 0 Å². The first-order chi connectivity index (χ1) is 18.2. The van der Waals surface area contributed by atoms with Gasteiger partial charge in [-0.2, -0.15) is 0 Å². The van der Waals surface area contributed by atoms with Gasteiger partial charge >= 0.3 is 0 Å². The zero-order valence-electron chi connectivity index (χ0n) is 25.9. The van der Waals surface area contributed by atoms with Crippen molar-refractivity contribution in [2.45, 2.75) is 99.8 Å². The number of carbonyl (C=O) groups is 2. The lowest BCUT2D eigenvalue weighted by Crippen LogP contribution is -2.62. The molecule has 0 aliphatic carbocycles. The lowest BCUT2D eigenvalue weighted by molar-refractivity contribution is -0.147.